The van der Waals surface area contributed by atoms with Crippen LogP contribution < -0.4 is 10.1 Å². The number of Topliss-reactive ketones (excluding diaryl/α,β-unsaturated/α-hetero) is 1. The Bertz CT molecular complexity index is 536. The van der Waals surface area contributed by atoms with Gasteiger partial charge >= 0.3 is 0 Å². The van der Waals surface area contributed by atoms with Gasteiger partial charge in [0.1, 0.15) is 18.5 Å². The first-order valence-electron chi connectivity index (χ1n) is 9.01. The van der Waals surface area contributed by atoms with Crippen LogP contribution in [-0.2, 0) is 0 Å². The highest BCUT2D eigenvalue weighted by atomic mass is 16.5. The summed E-state index contributed by atoms with van der Waals surface area (Å²) in [5.74, 6) is 0.799. The van der Waals surface area contributed by atoms with Crippen LogP contribution in [0.15, 0.2) is 35.9 Å². The monoisotopic (exact) mass is 331 g/mol. The van der Waals surface area contributed by atoms with Gasteiger partial charge in [-0.2, -0.15) is 0 Å². The van der Waals surface area contributed by atoms with E-state index in [2.05, 4.69) is 11.4 Å². The molecule has 0 spiro atoms. The highest BCUT2D eigenvalue weighted by Gasteiger charge is 2.07. The summed E-state index contributed by atoms with van der Waals surface area (Å²) < 4.78 is 5.57. The summed E-state index contributed by atoms with van der Waals surface area (Å²) in [4.78, 5) is 11.6. The Morgan fingerprint density at radius 1 is 1.29 bits per heavy atom. The van der Waals surface area contributed by atoms with Crippen molar-refractivity contribution in [2.24, 2.45) is 0 Å². The van der Waals surface area contributed by atoms with E-state index in [1.54, 1.807) is 29.8 Å². The summed E-state index contributed by atoms with van der Waals surface area (Å²) in [6, 6.07) is 7.09. The normalized spacial score (nSPS) is 15.7. The van der Waals surface area contributed by atoms with Gasteiger partial charge in [0.05, 0.1) is 0 Å². The van der Waals surface area contributed by atoms with Crippen molar-refractivity contribution >= 4 is 5.78 Å². The van der Waals surface area contributed by atoms with Crippen LogP contribution in [0.4, 0.5) is 0 Å². The van der Waals surface area contributed by atoms with Crippen molar-refractivity contribution in [2.45, 2.75) is 51.6 Å². The topological polar surface area (TPSA) is 58.6 Å². The maximum absolute atomic E-state index is 11.6. The van der Waals surface area contributed by atoms with Crippen molar-refractivity contribution in [2.75, 3.05) is 19.7 Å². The first-order valence-corrected chi connectivity index (χ1v) is 9.01. The van der Waals surface area contributed by atoms with E-state index in [1.165, 1.54) is 25.7 Å². The molecule has 1 atom stereocenters. The van der Waals surface area contributed by atoms with Crippen LogP contribution in [0.3, 0.4) is 0 Å². The fraction of sp³-hybridized carbons (Fsp3) is 0.550. The molecule has 0 saturated heterocycles. The van der Waals surface area contributed by atoms with E-state index in [1.807, 2.05) is 6.92 Å². The molecule has 1 aromatic carbocycles. The number of nitrogens with one attached hydrogen (secondary N) is 1. The van der Waals surface area contributed by atoms with E-state index >= 15 is 0 Å². The van der Waals surface area contributed by atoms with Crippen molar-refractivity contribution in [3.63, 3.8) is 0 Å². The first-order chi connectivity index (χ1) is 11.7. The molecular formula is C20H29NO3. The summed E-state index contributed by atoms with van der Waals surface area (Å²) >= 11 is 0. The third-order valence-corrected chi connectivity index (χ3v) is 4.33. The van der Waals surface area contributed by atoms with Crippen LogP contribution in [0.25, 0.3) is 0 Å². The van der Waals surface area contributed by atoms with E-state index in [9.17, 15) is 9.90 Å². The molecule has 2 rings (SSSR count). The van der Waals surface area contributed by atoms with Crippen LogP contribution in [-0.4, -0.2) is 36.7 Å². The number of rotatable bonds is 10. The predicted molar refractivity (Wildman–Crippen MR) is 96.6 cm³/mol. The summed E-state index contributed by atoms with van der Waals surface area (Å²) in [6.07, 6.45) is 8.46. The number of carbonyl (C=O) groups is 1. The van der Waals surface area contributed by atoms with E-state index in [0.717, 1.165) is 13.0 Å². The Hall–Kier alpha value is -1.65. The van der Waals surface area contributed by atoms with Gasteiger partial charge < -0.3 is 15.2 Å². The number of hydrogen-bond acceptors (Lipinski definition) is 4. The van der Waals surface area contributed by atoms with Crippen LogP contribution in [0, 0.1) is 0 Å². The molecule has 1 aromatic rings. The zero-order valence-electron chi connectivity index (χ0n) is 14.6. The number of hydrogen-bond donors (Lipinski definition) is 2. The van der Waals surface area contributed by atoms with Gasteiger partial charge in [-0.3, -0.25) is 4.79 Å². The largest absolute Gasteiger partial charge is 0.491 e. The minimum Gasteiger partial charge on any atom is -0.491 e. The number of benzene rings is 1. The minimum absolute atomic E-state index is 0.124. The molecule has 1 aliphatic rings. The second-order valence-electron chi connectivity index (χ2n) is 6.33. The summed E-state index contributed by atoms with van der Waals surface area (Å²) in [5, 5.41) is 13.3. The molecule has 2 N–H and O–H groups in total. The Morgan fingerprint density at radius 3 is 2.75 bits per heavy atom. The number of ether oxygens (including phenoxy) is 1. The van der Waals surface area contributed by atoms with E-state index in [-0.39, 0.29) is 12.4 Å². The molecule has 4 nitrogen and oxygen atoms in total. The maximum Gasteiger partial charge on any atom is 0.162 e. The molecular weight excluding hydrogens is 302 g/mol. The molecule has 0 saturated carbocycles. The zero-order chi connectivity index (χ0) is 17.2. The van der Waals surface area contributed by atoms with Gasteiger partial charge in [-0.25, -0.2) is 0 Å². The van der Waals surface area contributed by atoms with E-state index < -0.39 is 6.10 Å². The van der Waals surface area contributed by atoms with Gasteiger partial charge in [-0.1, -0.05) is 18.6 Å². The third-order valence-electron chi connectivity index (χ3n) is 4.33. The van der Waals surface area contributed by atoms with Crippen LogP contribution >= 0.6 is 0 Å². The first kappa shape index (κ1) is 18.7. The van der Waals surface area contributed by atoms with Gasteiger partial charge in [-0.05, 0) is 62.9 Å². The highest BCUT2D eigenvalue weighted by molar-refractivity contribution is 5.95. The Balaban J connectivity index is 1.61. The lowest BCUT2D eigenvalue weighted by molar-refractivity contribution is 0.0986. The Morgan fingerprint density at radius 2 is 2.08 bits per heavy atom. The summed E-state index contributed by atoms with van der Waals surface area (Å²) in [7, 11) is 0. The number of allylic oxidation sites excluding steroid dienone is 1. The molecule has 0 aromatic heterocycles. The second-order valence-corrected chi connectivity index (χ2v) is 6.33. The van der Waals surface area contributed by atoms with Crippen molar-refractivity contribution in [1.82, 2.24) is 5.32 Å². The van der Waals surface area contributed by atoms with Gasteiger partial charge in [0, 0.05) is 18.5 Å². The van der Waals surface area contributed by atoms with Crippen LogP contribution in [0.5, 0.6) is 5.75 Å². The molecule has 0 bridgehead atoms. The smallest absolute Gasteiger partial charge is 0.162 e. The molecule has 0 fully saturated rings. The minimum atomic E-state index is -0.540. The average Bonchev–Trinajstić information content (AvgIpc) is 2.64. The van der Waals surface area contributed by atoms with Crippen molar-refractivity contribution in [3.05, 3.63) is 41.5 Å². The average molecular weight is 331 g/mol. The fourth-order valence-corrected chi connectivity index (χ4v) is 2.84. The number of ketones is 1. The zero-order valence-corrected chi connectivity index (χ0v) is 14.6. The SMILES string of the molecule is CCC(=O)c1ccc(OCC(O)CNCCC2=CCCCC2)cc1. The lowest BCUT2D eigenvalue weighted by atomic mass is 9.97. The molecule has 0 amide bonds. The molecule has 0 radical (unpaired) electrons. The lowest BCUT2D eigenvalue weighted by Crippen LogP contribution is -2.32. The van der Waals surface area contributed by atoms with Crippen molar-refractivity contribution in [1.29, 1.82) is 0 Å². The van der Waals surface area contributed by atoms with Crippen molar-refractivity contribution < 1.29 is 14.6 Å². The summed E-state index contributed by atoms with van der Waals surface area (Å²) in [6.45, 7) is 3.52. The third kappa shape index (κ3) is 6.46. The number of aliphatic hydroxyl groups excluding tert-OH is 1. The maximum atomic E-state index is 11.6. The number of aliphatic hydroxyl groups is 1. The Labute approximate surface area is 144 Å². The van der Waals surface area contributed by atoms with Crippen LogP contribution in [0.1, 0.15) is 55.8 Å². The molecule has 132 valence electrons. The molecule has 0 heterocycles. The van der Waals surface area contributed by atoms with Gasteiger partial charge in [0.15, 0.2) is 5.78 Å². The predicted octanol–water partition coefficient (Wildman–Crippen LogP) is 3.50. The highest BCUT2D eigenvalue weighted by Crippen LogP contribution is 2.19. The fourth-order valence-electron chi connectivity index (χ4n) is 2.84. The standard InChI is InChI=1S/C20H29NO3/c1-2-20(23)17-8-10-19(11-9-17)24-15-18(22)14-21-13-12-16-6-4-3-5-7-16/h6,8-11,18,21-22H,2-5,7,12-15H2,1H3. The van der Waals surface area contributed by atoms with E-state index in [0.29, 0.717) is 24.3 Å². The summed E-state index contributed by atoms with van der Waals surface area (Å²) in [5.41, 5.74) is 2.24. The van der Waals surface area contributed by atoms with Crippen molar-refractivity contribution in [3.8, 4) is 5.75 Å². The van der Waals surface area contributed by atoms with Gasteiger partial charge in [0.2, 0.25) is 0 Å². The lowest BCUT2D eigenvalue weighted by Gasteiger charge is -2.15. The Kier molecular flexibility index (Phi) is 7.99. The molecule has 4 heteroatoms. The second kappa shape index (κ2) is 10.3. The van der Waals surface area contributed by atoms with E-state index in [4.69, 9.17) is 4.74 Å². The number of carbonyl (C=O) groups excluding carboxylic acids is 1. The van der Waals surface area contributed by atoms with Gasteiger partial charge in [-0.15, -0.1) is 0 Å². The van der Waals surface area contributed by atoms with Crippen LogP contribution in [0.2, 0.25) is 0 Å². The molecule has 1 aliphatic carbocycles. The molecule has 1 unspecified atom stereocenters. The quantitative estimate of drug-likeness (QED) is 0.391. The van der Waals surface area contributed by atoms with Gasteiger partial charge in [0.25, 0.3) is 0 Å². The molecule has 0 aliphatic heterocycles. The molecule has 24 heavy (non-hydrogen) atoms.